The van der Waals surface area contributed by atoms with Crippen molar-refractivity contribution in [2.45, 2.75) is 17.7 Å². The van der Waals surface area contributed by atoms with Crippen LogP contribution in [-0.4, -0.2) is 4.43 Å². The predicted molar refractivity (Wildman–Crippen MR) is 66.2 cm³/mol. The van der Waals surface area contributed by atoms with Crippen LogP contribution < -0.4 is 0 Å². The zero-order valence-electron chi connectivity index (χ0n) is 6.84. The SMILES string of the molecule is BrC(CCCI)c1ccccc1. The van der Waals surface area contributed by atoms with Crippen LogP contribution >= 0.6 is 38.5 Å². The Hall–Kier alpha value is 0.430. The minimum Gasteiger partial charge on any atom is -0.0864 e. The molecule has 0 bridgehead atoms. The molecule has 1 atom stereocenters. The topological polar surface area (TPSA) is 0 Å². The Morgan fingerprint density at radius 2 is 1.92 bits per heavy atom. The molecule has 0 amide bonds. The molecular formula is C10H12BrI. The van der Waals surface area contributed by atoms with Crippen molar-refractivity contribution in [3.05, 3.63) is 35.9 Å². The number of alkyl halides is 2. The van der Waals surface area contributed by atoms with Gasteiger partial charge in [-0.1, -0.05) is 68.9 Å². The van der Waals surface area contributed by atoms with E-state index in [-0.39, 0.29) is 0 Å². The summed E-state index contributed by atoms with van der Waals surface area (Å²) in [6.07, 6.45) is 2.51. The lowest BCUT2D eigenvalue weighted by Crippen LogP contribution is -1.89. The van der Waals surface area contributed by atoms with E-state index >= 15 is 0 Å². The van der Waals surface area contributed by atoms with Crippen LogP contribution in [0, 0.1) is 0 Å². The molecular weight excluding hydrogens is 327 g/mol. The lowest BCUT2D eigenvalue weighted by molar-refractivity contribution is 0.802. The van der Waals surface area contributed by atoms with E-state index in [9.17, 15) is 0 Å². The maximum atomic E-state index is 3.68. The van der Waals surface area contributed by atoms with Crippen LogP contribution in [0.2, 0.25) is 0 Å². The molecule has 2 heteroatoms. The van der Waals surface area contributed by atoms with Gasteiger partial charge < -0.3 is 0 Å². The number of benzene rings is 1. The average Bonchev–Trinajstić information content (AvgIpc) is 2.15. The second-order valence-corrected chi connectivity index (χ2v) is 4.89. The number of hydrogen-bond donors (Lipinski definition) is 0. The lowest BCUT2D eigenvalue weighted by atomic mass is 10.1. The van der Waals surface area contributed by atoms with Crippen LogP contribution in [0.1, 0.15) is 23.2 Å². The molecule has 0 radical (unpaired) electrons. The quantitative estimate of drug-likeness (QED) is 0.566. The molecule has 0 saturated carbocycles. The Bertz CT molecular complexity index is 210. The first kappa shape index (κ1) is 10.5. The van der Waals surface area contributed by atoms with Gasteiger partial charge >= 0.3 is 0 Å². The minimum atomic E-state index is 0.536. The van der Waals surface area contributed by atoms with Gasteiger partial charge in [0.15, 0.2) is 0 Å². The van der Waals surface area contributed by atoms with Crippen molar-refractivity contribution in [1.82, 2.24) is 0 Å². The Balaban J connectivity index is 2.48. The smallest absolute Gasteiger partial charge is 0.0395 e. The summed E-state index contributed by atoms with van der Waals surface area (Å²) in [6.45, 7) is 0. The molecule has 0 aliphatic heterocycles. The Labute approximate surface area is 96.0 Å². The largest absolute Gasteiger partial charge is 0.0864 e. The summed E-state index contributed by atoms with van der Waals surface area (Å²) in [5.41, 5.74) is 1.39. The molecule has 0 saturated heterocycles. The number of rotatable bonds is 4. The van der Waals surface area contributed by atoms with E-state index in [0.717, 1.165) is 0 Å². The molecule has 0 heterocycles. The fourth-order valence-corrected chi connectivity index (χ4v) is 2.15. The van der Waals surface area contributed by atoms with E-state index in [4.69, 9.17) is 0 Å². The summed E-state index contributed by atoms with van der Waals surface area (Å²) >= 11 is 6.10. The van der Waals surface area contributed by atoms with Gasteiger partial charge in [-0.2, -0.15) is 0 Å². The van der Waals surface area contributed by atoms with Gasteiger partial charge in [0.2, 0.25) is 0 Å². The summed E-state index contributed by atoms with van der Waals surface area (Å²) in [6, 6.07) is 10.6. The molecule has 0 aromatic heterocycles. The van der Waals surface area contributed by atoms with E-state index in [0.29, 0.717) is 4.83 Å². The first-order chi connectivity index (χ1) is 5.84. The first-order valence-corrected chi connectivity index (χ1v) is 6.53. The zero-order valence-corrected chi connectivity index (χ0v) is 10.6. The van der Waals surface area contributed by atoms with Gasteiger partial charge in [-0.25, -0.2) is 0 Å². The third-order valence-electron chi connectivity index (χ3n) is 1.75. The molecule has 0 N–H and O–H groups in total. The molecule has 0 aliphatic rings. The summed E-state index contributed by atoms with van der Waals surface area (Å²) in [4.78, 5) is 0.536. The van der Waals surface area contributed by atoms with Crippen LogP contribution in [-0.2, 0) is 0 Å². The molecule has 0 nitrogen and oxygen atoms in total. The molecule has 1 rings (SSSR count). The van der Waals surface area contributed by atoms with Crippen molar-refractivity contribution in [2.75, 3.05) is 4.43 Å². The summed E-state index contributed by atoms with van der Waals surface area (Å²) < 4.78 is 1.24. The Morgan fingerprint density at radius 3 is 2.50 bits per heavy atom. The highest BCUT2D eigenvalue weighted by Gasteiger charge is 2.04. The van der Waals surface area contributed by atoms with Crippen molar-refractivity contribution in [3.63, 3.8) is 0 Å². The lowest BCUT2D eigenvalue weighted by Gasteiger charge is -2.07. The van der Waals surface area contributed by atoms with Gasteiger partial charge in [0.1, 0.15) is 0 Å². The predicted octanol–water partition coefficient (Wildman–Crippen LogP) is 4.34. The Kier molecular flexibility index (Phi) is 5.23. The van der Waals surface area contributed by atoms with E-state index in [1.165, 1.54) is 22.8 Å². The highest BCUT2D eigenvalue weighted by Crippen LogP contribution is 2.27. The average molecular weight is 339 g/mol. The Morgan fingerprint density at radius 1 is 1.25 bits per heavy atom. The highest BCUT2D eigenvalue weighted by molar-refractivity contribution is 14.1. The normalized spacial score (nSPS) is 12.8. The molecule has 0 fully saturated rings. The van der Waals surface area contributed by atoms with Crippen LogP contribution in [0.4, 0.5) is 0 Å². The monoisotopic (exact) mass is 338 g/mol. The van der Waals surface area contributed by atoms with Crippen molar-refractivity contribution < 1.29 is 0 Å². The van der Waals surface area contributed by atoms with Gasteiger partial charge in [-0.05, 0) is 22.8 Å². The second kappa shape index (κ2) is 5.97. The van der Waals surface area contributed by atoms with Crippen LogP contribution in [0.25, 0.3) is 0 Å². The van der Waals surface area contributed by atoms with Crippen LogP contribution in [0.15, 0.2) is 30.3 Å². The maximum Gasteiger partial charge on any atom is 0.0395 e. The summed E-state index contributed by atoms with van der Waals surface area (Å²) in [5.74, 6) is 0. The second-order valence-electron chi connectivity index (χ2n) is 2.71. The van der Waals surface area contributed by atoms with Crippen molar-refractivity contribution in [2.24, 2.45) is 0 Å². The van der Waals surface area contributed by atoms with Gasteiger partial charge in [0.05, 0.1) is 0 Å². The highest BCUT2D eigenvalue weighted by atomic mass is 127. The minimum absolute atomic E-state index is 0.536. The van der Waals surface area contributed by atoms with Gasteiger partial charge in [0, 0.05) is 4.83 Å². The molecule has 1 aromatic rings. The van der Waals surface area contributed by atoms with Crippen molar-refractivity contribution in [3.8, 4) is 0 Å². The van der Waals surface area contributed by atoms with Crippen LogP contribution in [0.5, 0.6) is 0 Å². The van der Waals surface area contributed by atoms with E-state index in [1.54, 1.807) is 0 Å². The van der Waals surface area contributed by atoms with Gasteiger partial charge in [-0.15, -0.1) is 0 Å². The molecule has 12 heavy (non-hydrogen) atoms. The summed E-state index contributed by atoms with van der Waals surface area (Å²) in [7, 11) is 0. The molecule has 66 valence electrons. The molecule has 1 aromatic carbocycles. The van der Waals surface area contributed by atoms with Gasteiger partial charge in [-0.3, -0.25) is 0 Å². The van der Waals surface area contributed by atoms with E-state index < -0.39 is 0 Å². The van der Waals surface area contributed by atoms with Crippen molar-refractivity contribution >= 4 is 38.5 Å². The third-order valence-corrected chi connectivity index (χ3v) is 3.50. The number of halogens is 2. The standard InChI is InChI=1S/C10H12BrI/c11-10(7-4-8-12)9-5-2-1-3-6-9/h1-3,5-6,10H,4,7-8H2. The fraction of sp³-hybridized carbons (Fsp3) is 0.400. The number of hydrogen-bond acceptors (Lipinski definition) is 0. The molecule has 0 spiro atoms. The van der Waals surface area contributed by atoms with E-state index in [1.807, 2.05) is 0 Å². The first-order valence-electron chi connectivity index (χ1n) is 4.09. The zero-order chi connectivity index (χ0) is 8.81. The maximum absolute atomic E-state index is 3.68. The molecule has 1 unspecified atom stereocenters. The summed E-state index contributed by atoms with van der Waals surface area (Å²) in [5, 5.41) is 0. The molecule has 0 aliphatic carbocycles. The van der Waals surface area contributed by atoms with Crippen LogP contribution in [0.3, 0.4) is 0 Å². The van der Waals surface area contributed by atoms with E-state index in [2.05, 4.69) is 68.9 Å². The third kappa shape index (κ3) is 3.44. The fourth-order valence-electron chi connectivity index (χ4n) is 1.08. The van der Waals surface area contributed by atoms with Gasteiger partial charge in [0.25, 0.3) is 0 Å². The van der Waals surface area contributed by atoms with Crippen molar-refractivity contribution in [1.29, 1.82) is 0 Å².